The highest BCUT2D eigenvalue weighted by Crippen LogP contribution is 2.37. The Labute approximate surface area is 153 Å². The SMILES string of the molecule is COc1cc(Nc2cc(C)nc(N3CCCCC3)n2)c(OC)cc1Cl. The van der Waals surface area contributed by atoms with E-state index in [9.17, 15) is 0 Å². The van der Waals surface area contributed by atoms with E-state index in [-0.39, 0.29) is 0 Å². The first-order chi connectivity index (χ1) is 12.1. The molecule has 0 radical (unpaired) electrons. The van der Waals surface area contributed by atoms with Crippen molar-refractivity contribution in [1.29, 1.82) is 0 Å². The van der Waals surface area contributed by atoms with Gasteiger partial charge in [0.15, 0.2) is 0 Å². The molecule has 1 saturated heterocycles. The summed E-state index contributed by atoms with van der Waals surface area (Å²) in [5.41, 5.74) is 1.66. The molecule has 2 aromatic rings. The summed E-state index contributed by atoms with van der Waals surface area (Å²) >= 11 is 6.17. The molecule has 0 bridgehead atoms. The number of piperidine rings is 1. The maximum atomic E-state index is 6.17. The lowest BCUT2D eigenvalue weighted by atomic mass is 10.1. The smallest absolute Gasteiger partial charge is 0.227 e. The summed E-state index contributed by atoms with van der Waals surface area (Å²) in [4.78, 5) is 11.5. The Bertz CT molecular complexity index is 748. The lowest BCUT2D eigenvalue weighted by molar-refractivity contribution is 0.405. The molecule has 0 amide bonds. The van der Waals surface area contributed by atoms with E-state index in [0.29, 0.717) is 16.5 Å². The minimum atomic E-state index is 0.498. The molecule has 1 aliphatic rings. The summed E-state index contributed by atoms with van der Waals surface area (Å²) in [6.45, 7) is 3.97. The van der Waals surface area contributed by atoms with Crippen molar-refractivity contribution in [2.45, 2.75) is 26.2 Å². The van der Waals surface area contributed by atoms with E-state index in [0.717, 1.165) is 36.2 Å². The van der Waals surface area contributed by atoms with Crippen molar-refractivity contribution in [3.63, 3.8) is 0 Å². The van der Waals surface area contributed by atoms with E-state index < -0.39 is 0 Å². The molecule has 0 unspecified atom stereocenters. The van der Waals surface area contributed by atoms with Crippen molar-refractivity contribution in [2.75, 3.05) is 37.5 Å². The number of halogens is 1. The van der Waals surface area contributed by atoms with Crippen LogP contribution in [0.15, 0.2) is 18.2 Å². The van der Waals surface area contributed by atoms with Gasteiger partial charge in [-0.3, -0.25) is 0 Å². The van der Waals surface area contributed by atoms with Crippen LogP contribution in [0, 0.1) is 6.92 Å². The Morgan fingerprint density at radius 2 is 1.72 bits per heavy atom. The van der Waals surface area contributed by atoms with Crippen LogP contribution in [0.25, 0.3) is 0 Å². The molecule has 3 rings (SSSR count). The number of anilines is 3. The number of hydrogen-bond donors (Lipinski definition) is 1. The Hall–Kier alpha value is -2.21. The highest BCUT2D eigenvalue weighted by Gasteiger charge is 2.16. The average molecular weight is 363 g/mol. The molecule has 1 fully saturated rings. The highest BCUT2D eigenvalue weighted by molar-refractivity contribution is 6.32. The molecule has 1 aliphatic heterocycles. The predicted octanol–water partition coefficient (Wildman–Crippen LogP) is 4.19. The molecular weight excluding hydrogens is 340 g/mol. The monoisotopic (exact) mass is 362 g/mol. The van der Waals surface area contributed by atoms with Crippen LogP contribution in [-0.4, -0.2) is 37.3 Å². The van der Waals surface area contributed by atoms with Gasteiger partial charge in [0, 0.05) is 37.0 Å². The molecule has 6 nitrogen and oxygen atoms in total. The fourth-order valence-corrected chi connectivity index (χ4v) is 3.18. The second-order valence-corrected chi connectivity index (χ2v) is 6.46. The van der Waals surface area contributed by atoms with Crippen LogP contribution in [0.2, 0.25) is 5.02 Å². The quantitative estimate of drug-likeness (QED) is 0.860. The highest BCUT2D eigenvalue weighted by atomic mass is 35.5. The minimum absolute atomic E-state index is 0.498. The van der Waals surface area contributed by atoms with E-state index in [1.165, 1.54) is 19.3 Å². The van der Waals surface area contributed by atoms with Gasteiger partial charge in [0.05, 0.1) is 24.9 Å². The molecule has 0 saturated carbocycles. The molecule has 25 heavy (non-hydrogen) atoms. The van der Waals surface area contributed by atoms with Gasteiger partial charge < -0.3 is 19.7 Å². The molecule has 0 spiro atoms. The van der Waals surface area contributed by atoms with Crippen molar-refractivity contribution < 1.29 is 9.47 Å². The van der Waals surface area contributed by atoms with Gasteiger partial charge in [-0.05, 0) is 26.2 Å². The van der Waals surface area contributed by atoms with Crippen molar-refractivity contribution in [3.05, 3.63) is 28.9 Å². The first-order valence-electron chi connectivity index (χ1n) is 8.40. The third-order valence-electron chi connectivity index (χ3n) is 4.22. The van der Waals surface area contributed by atoms with E-state index in [2.05, 4.69) is 20.2 Å². The van der Waals surface area contributed by atoms with Crippen LogP contribution >= 0.6 is 11.6 Å². The molecule has 134 valence electrons. The number of benzene rings is 1. The van der Waals surface area contributed by atoms with Crippen LogP contribution in [0.5, 0.6) is 11.5 Å². The second-order valence-electron chi connectivity index (χ2n) is 6.05. The number of nitrogens with zero attached hydrogens (tertiary/aromatic N) is 3. The molecule has 0 atom stereocenters. The molecule has 2 heterocycles. The van der Waals surface area contributed by atoms with E-state index >= 15 is 0 Å². The third kappa shape index (κ3) is 4.07. The van der Waals surface area contributed by atoms with Gasteiger partial charge in [0.1, 0.15) is 17.3 Å². The Kier molecular flexibility index (Phi) is 5.48. The third-order valence-corrected chi connectivity index (χ3v) is 4.51. The van der Waals surface area contributed by atoms with Gasteiger partial charge in [0.2, 0.25) is 5.95 Å². The Morgan fingerprint density at radius 1 is 1.00 bits per heavy atom. The maximum absolute atomic E-state index is 6.17. The first kappa shape index (κ1) is 17.6. The lowest BCUT2D eigenvalue weighted by Crippen LogP contribution is -2.31. The number of ether oxygens (including phenoxy) is 2. The maximum Gasteiger partial charge on any atom is 0.227 e. The minimum Gasteiger partial charge on any atom is -0.495 e. The molecule has 0 aliphatic carbocycles. The van der Waals surface area contributed by atoms with Gasteiger partial charge in [-0.2, -0.15) is 4.98 Å². The van der Waals surface area contributed by atoms with E-state index in [4.69, 9.17) is 21.1 Å². The first-order valence-corrected chi connectivity index (χ1v) is 8.77. The van der Waals surface area contributed by atoms with Gasteiger partial charge in [-0.25, -0.2) is 4.98 Å². The molecular formula is C18H23ClN4O2. The van der Waals surface area contributed by atoms with Crippen LogP contribution in [-0.2, 0) is 0 Å². The van der Waals surface area contributed by atoms with Crippen LogP contribution in [0.4, 0.5) is 17.5 Å². The van der Waals surface area contributed by atoms with Crippen LogP contribution in [0.1, 0.15) is 25.0 Å². The summed E-state index contributed by atoms with van der Waals surface area (Å²) < 4.78 is 10.7. The lowest BCUT2D eigenvalue weighted by Gasteiger charge is -2.27. The summed E-state index contributed by atoms with van der Waals surface area (Å²) in [5.74, 6) is 2.69. The zero-order valence-electron chi connectivity index (χ0n) is 14.8. The zero-order valence-corrected chi connectivity index (χ0v) is 15.6. The molecule has 7 heteroatoms. The van der Waals surface area contributed by atoms with Gasteiger partial charge in [-0.15, -0.1) is 0 Å². The van der Waals surface area contributed by atoms with Crippen molar-refractivity contribution >= 4 is 29.1 Å². The van der Waals surface area contributed by atoms with E-state index in [1.807, 2.05) is 13.0 Å². The zero-order chi connectivity index (χ0) is 17.8. The second kappa shape index (κ2) is 7.78. The van der Waals surface area contributed by atoms with Crippen LogP contribution in [0.3, 0.4) is 0 Å². The van der Waals surface area contributed by atoms with Crippen LogP contribution < -0.4 is 19.7 Å². The fourth-order valence-electron chi connectivity index (χ4n) is 2.95. The normalized spacial score (nSPS) is 14.3. The fraction of sp³-hybridized carbons (Fsp3) is 0.444. The molecule has 1 aromatic carbocycles. The molecule has 1 aromatic heterocycles. The largest absolute Gasteiger partial charge is 0.495 e. The van der Waals surface area contributed by atoms with Crippen molar-refractivity contribution in [2.24, 2.45) is 0 Å². The summed E-state index contributed by atoms with van der Waals surface area (Å²) in [5, 5.41) is 3.80. The number of aromatic nitrogens is 2. The summed E-state index contributed by atoms with van der Waals surface area (Å²) in [7, 11) is 3.19. The van der Waals surface area contributed by atoms with Gasteiger partial charge in [-0.1, -0.05) is 11.6 Å². The average Bonchev–Trinajstić information content (AvgIpc) is 2.63. The van der Waals surface area contributed by atoms with Crippen molar-refractivity contribution in [1.82, 2.24) is 9.97 Å². The molecule has 1 N–H and O–H groups in total. The number of nitrogens with one attached hydrogen (secondary N) is 1. The standard InChI is InChI=1S/C18H23ClN4O2/c1-12-9-17(22-18(20-12)23-7-5-4-6-8-23)21-14-11-15(24-2)13(19)10-16(14)25-3/h9-11H,4-8H2,1-3H3,(H,20,21,22). The number of rotatable bonds is 5. The number of hydrogen-bond acceptors (Lipinski definition) is 6. The summed E-state index contributed by atoms with van der Waals surface area (Å²) in [6, 6.07) is 5.44. The summed E-state index contributed by atoms with van der Waals surface area (Å²) in [6.07, 6.45) is 3.64. The number of methoxy groups -OCH3 is 2. The van der Waals surface area contributed by atoms with E-state index in [1.54, 1.807) is 26.4 Å². The Balaban J connectivity index is 1.91. The van der Waals surface area contributed by atoms with Gasteiger partial charge >= 0.3 is 0 Å². The van der Waals surface area contributed by atoms with Crippen molar-refractivity contribution in [3.8, 4) is 11.5 Å². The number of aryl methyl sites for hydroxylation is 1. The predicted molar refractivity (Wildman–Crippen MR) is 101 cm³/mol. The topological polar surface area (TPSA) is 59.5 Å². The Morgan fingerprint density at radius 3 is 2.40 bits per heavy atom. The van der Waals surface area contributed by atoms with Gasteiger partial charge in [0.25, 0.3) is 0 Å².